The van der Waals surface area contributed by atoms with Crippen LogP contribution in [0.4, 0.5) is 5.82 Å². The molecule has 0 bridgehead atoms. The number of nitrogens with zero attached hydrogens (tertiary/aromatic N) is 2. The second-order valence-electron chi connectivity index (χ2n) is 3.72. The molecule has 1 heterocycles. The third-order valence-corrected chi connectivity index (χ3v) is 2.35. The average Bonchev–Trinajstić information content (AvgIpc) is 2.92. The maximum absolute atomic E-state index is 4.03. The van der Waals surface area contributed by atoms with Crippen LogP contribution < -0.4 is 5.32 Å². The van der Waals surface area contributed by atoms with Gasteiger partial charge in [0.15, 0.2) is 0 Å². The van der Waals surface area contributed by atoms with Crippen LogP contribution in [0.3, 0.4) is 0 Å². The normalized spacial score (nSPS) is 15.8. The maximum atomic E-state index is 4.03. The van der Waals surface area contributed by atoms with Crippen molar-refractivity contribution in [2.75, 3.05) is 11.9 Å². The van der Waals surface area contributed by atoms with Gasteiger partial charge in [-0.25, -0.2) is 0 Å². The highest BCUT2D eigenvalue weighted by Gasteiger charge is 2.20. The molecule has 0 saturated heterocycles. The standard InChI is InChI=1S/C10H15N3/c1-8-2-5-10(13-12-8)11-7-6-9-3-4-9/h2,5,9H,3-4,6-7H2,1H3,(H,11,13). The second-order valence-corrected chi connectivity index (χ2v) is 3.72. The lowest BCUT2D eigenvalue weighted by Gasteiger charge is -2.03. The van der Waals surface area contributed by atoms with Gasteiger partial charge in [0.25, 0.3) is 0 Å². The zero-order valence-corrected chi connectivity index (χ0v) is 7.95. The predicted molar refractivity (Wildman–Crippen MR) is 52.6 cm³/mol. The summed E-state index contributed by atoms with van der Waals surface area (Å²) in [4.78, 5) is 0. The Morgan fingerprint density at radius 1 is 1.38 bits per heavy atom. The Morgan fingerprint density at radius 3 is 2.85 bits per heavy atom. The first-order valence-electron chi connectivity index (χ1n) is 4.89. The third-order valence-electron chi connectivity index (χ3n) is 2.35. The Kier molecular flexibility index (Phi) is 2.43. The third kappa shape index (κ3) is 2.68. The summed E-state index contributed by atoms with van der Waals surface area (Å²) < 4.78 is 0. The SMILES string of the molecule is Cc1ccc(NCCC2CC2)nn1. The van der Waals surface area contributed by atoms with Crippen molar-refractivity contribution in [3.8, 4) is 0 Å². The molecule has 0 aromatic carbocycles. The van der Waals surface area contributed by atoms with Crippen molar-refractivity contribution in [3.63, 3.8) is 0 Å². The second kappa shape index (κ2) is 3.73. The molecule has 1 aliphatic carbocycles. The zero-order valence-electron chi connectivity index (χ0n) is 7.95. The topological polar surface area (TPSA) is 37.8 Å². The molecule has 0 radical (unpaired) electrons. The van der Waals surface area contributed by atoms with Gasteiger partial charge in [-0.3, -0.25) is 0 Å². The lowest BCUT2D eigenvalue weighted by Crippen LogP contribution is -2.04. The predicted octanol–water partition coefficient (Wildman–Crippen LogP) is 2.00. The molecule has 1 aromatic heterocycles. The first kappa shape index (κ1) is 8.48. The quantitative estimate of drug-likeness (QED) is 0.764. The maximum Gasteiger partial charge on any atom is 0.148 e. The van der Waals surface area contributed by atoms with Crippen LogP contribution in [-0.2, 0) is 0 Å². The van der Waals surface area contributed by atoms with Crippen molar-refractivity contribution in [3.05, 3.63) is 17.8 Å². The van der Waals surface area contributed by atoms with E-state index in [2.05, 4.69) is 15.5 Å². The minimum Gasteiger partial charge on any atom is -0.369 e. The van der Waals surface area contributed by atoms with E-state index in [-0.39, 0.29) is 0 Å². The molecule has 3 heteroatoms. The van der Waals surface area contributed by atoms with Crippen molar-refractivity contribution in [1.29, 1.82) is 0 Å². The number of rotatable bonds is 4. The Morgan fingerprint density at radius 2 is 2.23 bits per heavy atom. The molecule has 13 heavy (non-hydrogen) atoms. The fourth-order valence-electron chi connectivity index (χ4n) is 1.30. The highest BCUT2D eigenvalue weighted by Crippen LogP contribution is 2.31. The number of nitrogens with one attached hydrogen (secondary N) is 1. The molecular formula is C10H15N3. The minimum absolute atomic E-state index is 0.895. The van der Waals surface area contributed by atoms with Crippen molar-refractivity contribution >= 4 is 5.82 Å². The fourth-order valence-corrected chi connectivity index (χ4v) is 1.30. The average molecular weight is 177 g/mol. The molecule has 3 nitrogen and oxygen atoms in total. The van der Waals surface area contributed by atoms with Crippen LogP contribution in [0.25, 0.3) is 0 Å². The molecule has 0 aliphatic heterocycles. The lowest BCUT2D eigenvalue weighted by molar-refractivity contribution is 0.756. The molecule has 2 rings (SSSR count). The molecular weight excluding hydrogens is 162 g/mol. The molecule has 1 aromatic rings. The molecule has 0 spiro atoms. The van der Waals surface area contributed by atoms with E-state index in [0.29, 0.717) is 0 Å². The largest absolute Gasteiger partial charge is 0.369 e. The van der Waals surface area contributed by atoms with Gasteiger partial charge in [-0.2, -0.15) is 5.10 Å². The first-order chi connectivity index (χ1) is 6.34. The minimum atomic E-state index is 0.895. The van der Waals surface area contributed by atoms with Crippen molar-refractivity contribution < 1.29 is 0 Å². The number of hydrogen-bond donors (Lipinski definition) is 1. The van der Waals surface area contributed by atoms with Gasteiger partial charge in [0.2, 0.25) is 0 Å². The summed E-state index contributed by atoms with van der Waals surface area (Å²) in [6.07, 6.45) is 4.11. The summed E-state index contributed by atoms with van der Waals surface area (Å²) >= 11 is 0. The van der Waals surface area contributed by atoms with E-state index >= 15 is 0 Å². The fraction of sp³-hybridized carbons (Fsp3) is 0.600. The highest BCUT2D eigenvalue weighted by molar-refractivity contribution is 5.32. The van der Waals surface area contributed by atoms with Crippen LogP contribution in [0.2, 0.25) is 0 Å². The van der Waals surface area contributed by atoms with Gasteiger partial charge in [0, 0.05) is 6.54 Å². The van der Waals surface area contributed by atoms with Gasteiger partial charge in [0.05, 0.1) is 5.69 Å². The molecule has 70 valence electrons. The Hall–Kier alpha value is -1.12. The van der Waals surface area contributed by atoms with Crippen molar-refractivity contribution in [2.45, 2.75) is 26.2 Å². The van der Waals surface area contributed by atoms with Crippen LogP contribution in [-0.4, -0.2) is 16.7 Å². The lowest BCUT2D eigenvalue weighted by atomic mass is 10.3. The van der Waals surface area contributed by atoms with E-state index in [4.69, 9.17) is 0 Å². The molecule has 1 N–H and O–H groups in total. The molecule has 1 aliphatic rings. The smallest absolute Gasteiger partial charge is 0.148 e. The highest BCUT2D eigenvalue weighted by atomic mass is 15.2. The van der Waals surface area contributed by atoms with Gasteiger partial charge >= 0.3 is 0 Å². The molecule has 1 saturated carbocycles. The summed E-state index contributed by atoms with van der Waals surface area (Å²) in [5, 5.41) is 11.3. The summed E-state index contributed by atoms with van der Waals surface area (Å²) in [7, 11) is 0. The van der Waals surface area contributed by atoms with Crippen LogP contribution >= 0.6 is 0 Å². The summed E-state index contributed by atoms with van der Waals surface area (Å²) in [6.45, 7) is 2.98. The van der Waals surface area contributed by atoms with Crippen LogP contribution in [0.5, 0.6) is 0 Å². The van der Waals surface area contributed by atoms with Gasteiger partial charge in [-0.1, -0.05) is 12.8 Å². The van der Waals surface area contributed by atoms with E-state index in [1.165, 1.54) is 19.3 Å². The molecule has 1 fully saturated rings. The van der Waals surface area contributed by atoms with E-state index < -0.39 is 0 Å². The van der Waals surface area contributed by atoms with Crippen LogP contribution in [0.1, 0.15) is 25.0 Å². The zero-order chi connectivity index (χ0) is 9.10. The Balaban J connectivity index is 1.76. The Bertz CT molecular complexity index is 264. The van der Waals surface area contributed by atoms with Crippen LogP contribution in [0, 0.1) is 12.8 Å². The molecule has 0 unspecified atom stereocenters. The summed E-state index contributed by atoms with van der Waals surface area (Å²) in [6, 6.07) is 3.96. The number of hydrogen-bond acceptors (Lipinski definition) is 3. The van der Waals surface area contributed by atoms with E-state index in [9.17, 15) is 0 Å². The first-order valence-corrected chi connectivity index (χ1v) is 4.89. The van der Waals surface area contributed by atoms with Gasteiger partial charge in [0.1, 0.15) is 5.82 Å². The van der Waals surface area contributed by atoms with E-state index in [0.717, 1.165) is 24.0 Å². The Labute approximate surface area is 78.6 Å². The monoisotopic (exact) mass is 177 g/mol. The number of aryl methyl sites for hydroxylation is 1. The van der Waals surface area contributed by atoms with E-state index in [1.54, 1.807) is 0 Å². The van der Waals surface area contributed by atoms with Gasteiger partial charge in [-0.15, -0.1) is 5.10 Å². The van der Waals surface area contributed by atoms with E-state index in [1.807, 2.05) is 19.1 Å². The molecule has 0 amide bonds. The summed E-state index contributed by atoms with van der Waals surface area (Å²) in [5.74, 6) is 1.87. The number of anilines is 1. The van der Waals surface area contributed by atoms with Gasteiger partial charge in [-0.05, 0) is 31.4 Å². The summed E-state index contributed by atoms with van der Waals surface area (Å²) in [5.41, 5.74) is 0.966. The van der Waals surface area contributed by atoms with Gasteiger partial charge < -0.3 is 5.32 Å². The number of aromatic nitrogens is 2. The van der Waals surface area contributed by atoms with Crippen molar-refractivity contribution in [2.24, 2.45) is 5.92 Å². The van der Waals surface area contributed by atoms with Crippen LogP contribution in [0.15, 0.2) is 12.1 Å². The van der Waals surface area contributed by atoms with Crippen molar-refractivity contribution in [1.82, 2.24) is 10.2 Å². The molecule has 0 atom stereocenters.